The highest BCUT2D eigenvalue weighted by Crippen LogP contribution is 2.33. The zero-order chi connectivity index (χ0) is 18.7. The molecule has 2 heterocycles. The fourth-order valence-corrected chi connectivity index (χ4v) is 5.35. The highest BCUT2D eigenvalue weighted by molar-refractivity contribution is 7.89. The van der Waals surface area contributed by atoms with E-state index in [1.807, 2.05) is 44.2 Å². The number of aliphatic hydroxyl groups is 1. The molecule has 0 amide bonds. The van der Waals surface area contributed by atoms with E-state index in [1.165, 1.54) is 0 Å². The van der Waals surface area contributed by atoms with E-state index >= 15 is 0 Å². The first-order valence-corrected chi connectivity index (χ1v) is 10.7. The van der Waals surface area contributed by atoms with Crippen LogP contribution in [0.1, 0.15) is 45.6 Å². The third-order valence-corrected chi connectivity index (χ3v) is 6.85. The molecular formula is C19H27N3O3S. The first-order valence-electron chi connectivity index (χ1n) is 9.22. The van der Waals surface area contributed by atoms with Gasteiger partial charge in [0.05, 0.1) is 0 Å². The van der Waals surface area contributed by atoms with Gasteiger partial charge in [0.25, 0.3) is 0 Å². The maximum atomic E-state index is 13.5. The first-order chi connectivity index (χ1) is 12.4. The number of hydrogen-bond donors (Lipinski definition) is 1. The molecule has 1 aliphatic rings. The predicted octanol–water partition coefficient (Wildman–Crippen LogP) is 3.06. The minimum Gasteiger partial charge on any atom is -0.396 e. The molecule has 1 atom stereocenters. The number of aliphatic hydroxyl groups excluding tert-OH is 1. The third kappa shape index (κ3) is 3.70. The van der Waals surface area contributed by atoms with Gasteiger partial charge >= 0.3 is 0 Å². The van der Waals surface area contributed by atoms with E-state index in [0.29, 0.717) is 18.7 Å². The summed E-state index contributed by atoms with van der Waals surface area (Å²) in [5.74, 6) is 0. The summed E-state index contributed by atoms with van der Waals surface area (Å²) in [6.07, 6.45) is 4.75. The van der Waals surface area contributed by atoms with E-state index in [-0.39, 0.29) is 23.6 Å². The molecule has 0 bridgehead atoms. The summed E-state index contributed by atoms with van der Waals surface area (Å²) in [6, 6.07) is 9.35. The van der Waals surface area contributed by atoms with Gasteiger partial charge in [0, 0.05) is 37.0 Å². The van der Waals surface area contributed by atoms with Crippen LogP contribution in [-0.2, 0) is 10.0 Å². The van der Waals surface area contributed by atoms with Crippen LogP contribution < -0.4 is 0 Å². The van der Waals surface area contributed by atoms with Crippen LogP contribution in [0, 0.1) is 0 Å². The van der Waals surface area contributed by atoms with Crippen molar-refractivity contribution < 1.29 is 13.5 Å². The second kappa shape index (κ2) is 7.90. The number of hydrogen-bond acceptors (Lipinski definition) is 4. The standard InChI is InChI=1S/C19H27N3O3S/c1-15(2)21-14-18(19(20-21)16-8-4-3-5-9-16)26(24,25)22-12-7-6-10-17(22)11-13-23/h3-5,8-9,14-15,17,23H,6-7,10-13H2,1-2H3. The minimum absolute atomic E-state index is 0.00646. The molecular weight excluding hydrogens is 350 g/mol. The molecule has 0 saturated carbocycles. The molecule has 6 nitrogen and oxygen atoms in total. The number of benzene rings is 1. The van der Waals surface area contributed by atoms with Gasteiger partial charge in [0.1, 0.15) is 10.6 Å². The fraction of sp³-hybridized carbons (Fsp3) is 0.526. The lowest BCUT2D eigenvalue weighted by Gasteiger charge is -2.34. The SMILES string of the molecule is CC(C)n1cc(S(=O)(=O)N2CCCCC2CCO)c(-c2ccccc2)n1. The van der Waals surface area contributed by atoms with Crippen molar-refractivity contribution in [2.45, 2.75) is 56.5 Å². The van der Waals surface area contributed by atoms with Gasteiger partial charge in [-0.3, -0.25) is 4.68 Å². The molecule has 142 valence electrons. The molecule has 7 heteroatoms. The molecule has 1 fully saturated rings. The highest BCUT2D eigenvalue weighted by atomic mass is 32.2. The molecule has 0 radical (unpaired) electrons. The fourth-order valence-electron chi connectivity index (χ4n) is 3.48. The molecule has 0 spiro atoms. The Labute approximate surface area is 155 Å². The summed E-state index contributed by atoms with van der Waals surface area (Å²) in [6.45, 7) is 4.45. The Morgan fingerprint density at radius 2 is 1.96 bits per heavy atom. The summed E-state index contributed by atoms with van der Waals surface area (Å²) >= 11 is 0. The lowest BCUT2D eigenvalue weighted by Crippen LogP contribution is -2.44. The largest absolute Gasteiger partial charge is 0.396 e. The summed E-state index contributed by atoms with van der Waals surface area (Å²) < 4.78 is 30.3. The second-order valence-corrected chi connectivity index (χ2v) is 8.92. The van der Waals surface area contributed by atoms with Crippen molar-refractivity contribution in [2.24, 2.45) is 0 Å². The molecule has 0 aliphatic carbocycles. The maximum Gasteiger partial charge on any atom is 0.247 e. The summed E-state index contributed by atoms with van der Waals surface area (Å²) in [5.41, 5.74) is 1.29. The van der Waals surface area contributed by atoms with E-state index in [9.17, 15) is 13.5 Å². The van der Waals surface area contributed by atoms with Gasteiger partial charge in [0.2, 0.25) is 10.0 Å². The van der Waals surface area contributed by atoms with E-state index in [4.69, 9.17) is 0 Å². The molecule has 1 aliphatic heterocycles. The molecule has 1 saturated heterocycles. The average molecular weight is 378 g/mol. The van der Waals surface area contributed by atoms with Gasteiger partial charge in [0.15, 0.2) is 0 Å². The second-order valence-electron chi connectivity index (χ2n) is 7.06. The van der Waals surface area contributed by atoms with Gasteiger partial charge < -0.3 is 5.11 Å². The summed E-state index contributed by atoms with van der Waals surface area (Å²) in [5, 5.41) is 13.9. The highest BCUT2D eigenvalue weighted by Gasteiger charge is 2.36. The van der Waals surface area contributed by atoms with Gasteiger partial charge in [-0.15, -0.1) is 0 Å². The van der Waals surface area contributed by atoms with E-state index in [0.717, 1.165) is 24.8 Å². The van der Waals surface area contributed by atoms with Crippen molar-refractivity contribution in [1.82, 2.24) is 14.1 Å². The van der Waals surface area contributed by atoms with Crippen LogP contribution in [-0.4, -0.2) is 46.8 Å². The quantitative estimate of drug-likeness (QED) is 0.839. The number of aromatic nitrogens is 2. The molecule has 1 unspecified atom stereocenters. The molecule has 26 heavy (non-hydrogen) atoms. The first kappa shape index (κ1) is 19.1. The van der Waals surface area contributed by atoms with Crippen molar-refractivity contribution >= 4 is 10.0 Å². The van der Waals surface area contributed by atoms with Crippen molar-refractivity contribution in [2.75, 3.05) is 13.2 Å². The lowest BCUT2D eigenvalue weighted by molar-refractivity contribution is 0.192. The van der Waals surface area contributed by atoms with Crippen LogP contribution >= 0.6 is 0 Å². The zero-order valence-electron chi connectivity index (χ0n) is 15.4. The van der Waals surface area contributed by atoms with Crippen molar-refractivity contribution in [3.63, 3.8) is 0 Å². The van der Waals surface area contributed by atoms with Crippen molar-refractivity contribution in [3.05, 3.63) is 36.5 Å². The minimum atomic E-state index is -3.69. The summed E-state index contributed by atoms with van der Waals surface area (Å²) in [4.78, 5) is 0.252. The van der Waals surface area contributed by atoms with Gasteiger partial charge in [-0.1, -0.05) is 36.8 Å². The van der Waals surface area contributed by atoms with Gasteiger partial charge in [-0.2, -0.15) is 9.40 Å². The maximum absolute atomic E-state index is 13.5. The van der Waals surface area contributed by atoms with Crippen LogP contribution in [0.25, 0.3) is 11.3 Å². The molecule has 3 rings (SSSR count). The van der Waals surface area contributed by atoms with Crippen LogP contribution in [0.3, 0.4) is 0 Å². The number of rotatable bonds is 6. The molecule has 2 aromatic rings. The lowest BCUT2D eigenvalue weighted by atomic mass is 10.0. The van der Waals surface area contributed by atoms with Gasteiger partial charge in [-0.05, 0) is 33.1 Å². The number of sulfonamides is 1. The van der Waals surface area contributed by atoms with Crippen LogP contribution in [0.15, 0.2) is 41.4 Å². The van der Waals surface area contributed by atoms with Crippen molar-refractivity contribution in [1.29, 1.82) is 0 Å². The Morgan fingerprint density at radius 3 is 2.62 bits per heavy atom. The topological polar surface area (TPSA) is 75.4 Å². The molecule has 1 aromatic carbocycles. The normalized spacial score (nSPS) is 19.2. The zero-order valence-corrected chi connectivity index (χ0v) is 16.2. The van der Waals surface area contributed by atoms with E-state index < -0.39 is 10.0 Å². The monoisotopic (exact) mass is 377 g/mol. The number of nitrogens with zero attached hydrogens (tertiary/aromatic N) is 3. The molecule has 1 N–H and O–H groups in total. The average Bonchev–Trinajstić information content (AvgIpc) is 3.10. The van der Waals surface area contributed by atoms with Crippen LogP contribution in [0.4, 0.5) is 0 Å². The summed E-state index contributed by atoms with van der Waals surface area (Å²) in [7, 11) is -3.69. The van der Waals surface area contributed by atoms with Gasteiger partial charge in [-0.25, -0.2) is 8.42 Å². The van der Waals surface area contributed by atoms with Crippen LogP contribution in [0.2, 0.25) is 0 Å². The predicted molar refractivity (Wildman–Crippen MR) is 101 cm³/mol. The Balaban J connectivity index is 2.09. The number of piperidine rings is 1. The Kier molecular flexibility index (Phi) is 5.79. The van der Waals surface area contributed by atoms with E-state index in [1.54, 1.807) is 15.2 Å². The third-order valence-electron chi connectivity index (χ3n) is 4.90. The smallest absolute Gasteiger partial charge is 0.247 e. The Hall–Kier alpha value is -1.70. The van der Waals surface area contributed by atoms with Crippen molar-refractivity contribution in [3.8, 4) is 11.3 Å². The Morgan fingerprint density at radius 1 is 1.23 bits per heavy atom. The Bertz CT molecular complexity index is 829. The molecule has 1 aromatic heterocycles. The van der Waals surface area contributed by atoms with E-state index in [2.05, 4.69) is 5.10 Å². The van der Waals surface area contributed by atoms with Crippen LogP contribution in [0.5, 0.6) is 0 Å².